The summed E-state index contributed by atoms with van der Waals surface area (Å²) in [5.41, 5.74) is 6.82. The van der Waals surface area contributed by atoms with E-state index in [1.54, 1.807) is 30.3 Å². The first-order chi connectivity index (χ1) is 9.74. The molecule has 0 aliphatic heterocycles. The van der Waals surface area contributed by atoms with Crippen LogP contribution in [0.2, 0.25) is 0 Å². The van der Waals surface area contributed by atoms with Crippen LogP contribution in [0.3, 0.4) is 0 Å². The number of nitrogen functional groups attached to an aromatic ring is 1. The van der Waals surface area contributed by atoms with Crippen molar-refractivity contribution in [1.29, 1.82) is 0 Å². The molecule has 0 saturated carbocycles. The number of fused-ring (bicyclic) bond motifs is 1. The maximum absolute atomic E-state index is 11.9. The van der Waals surface area contributed by atoms with Gasteiger partial charge in [-0.2, -0.15) is 0 Å². The number of nitrogens with one attached hydrogen (secondary N) is 1. The Labute approximate surface area is 115 Å². The molecule has 3 rings (SSSR count). The fraction of sp³-hybridized carbons (Fsp3) is 0.0667. The second-order valence-electron chi connectivity index (χ2n) is 4.36. The van der Waals surface area contributed by atoms with Crippen LogP contribution < -0.4 is 16.0 Å². The fourth-order valence-corrected chi connectivity index (χ4v) is 1.96. The number of hydrogen-bond donors (Lipinski definition) is 2. The van der Waals surface area contributed by atoms with Crippen LogP contribution in [0.4, 0.5) is 5.69 Å². The summed E-state index contributed by atoms with van der Waals surface area (Å²) in [6, 6.07) is 14.4. The zero-order valence-corrected chi connectivity index (χ0v) is 10.7. The van der Waals surface area contributed by atoms with Gasteiger partial charge < -0.3 is 15.5 Å². The minimum absolute atomic E-state index is 0.161. The van der Waals surface area contributed by atoms with Crippen molar-refractivity contribution in [3.8, 4) is 5.75 Å². The second-order valence-corrected chi connectivity index (χ2v) is 4.36. The number of benzene rings is 2. The van der Waals surface area contributed by atoms with E-state index in [0.717, 1.165) is 0 Å². The van der Waals surface area contributed by atoms with E-state index in [4.69, 9.17) is 10.5 Å². The highest BCUT2D eigenvalue weighted by atomic mass is 16.5. The topological polar surface area (TPSA) is 81.0 Å². The number of para-hydroxylation sites is 3. The molecule has 20 heavy (non-hydrogen) atoms. The largest absolute Gasteiger partial charge is 0.484 e. The van der Waals surface area contributed by atoms with E-state index in [2.05, 4.69) is 9.97 Å². The first kappa shape index (κ1) is 12.2. The van der Waals surface area contributed by atoms with E-state index >= 15 is 0 Å². The molecule has 0 fully saturated rings. The number of hydrogen-bond acceptors (Lipinski definition) is 4. The molecule has 0 aliphatic carbocycles. The van der Waals surface area contributed by atoms with E-state index in [0.29, 0.717) is 28.2 Å². The molecule has 1 aromatic heterocycles. The maximum Gasteiger partial charge on any atom is 0.258 e. The van der Waals surface area contributed by atoms with Gasteiger partial charge in [0.15, 0.2) is 0 Å². The lowest BCUT2D eigenvalue weighted by atomic mass is 10.2. The molecule has 1 heterocycles. The summed E-state index contributed by atoms with van der Waals surface area (Å²) in [7, 11) is 0. The predicted molar refractivity (Wildman–Crippen MR) is 77.6 cm³/mol. The van der Waals surface area contributed by atoms with Crippen molar-refractivity contribution in [2.75, 3.05) is 5.73 Å². The average molecular weight is 267 g/mol. The molecule has 0 saturated heterocycles. The molecule has 0 bridgehead atoms. The third-order valence-electron chi connectivity index (χ3n) is 2.95. The highest BCUT2D eigenvalue weighted by molar-refractivity contribution is 5.77. The number of nitrogens with two attached hydrogens (primary N) is 1. The van der Waals surface area contributed by atoms with Gasteiger partial charge in [0.1, 0.15) is 18.2 Å². The Bertz CT molecular complexity index is 811. The molecule has 0 radical (unpaired) electrons. The van der Waals surface area contributed by atoms with Gasteiger partial charge >= 0.3 is 0 Å². The van der Waals surface area contributed by atoms with Crippen molar-refractivity contribution < 1.29 is 4.74 Å². The fourth-order valence-electron chi connectivity index (χ4n) is 1.96. The van der Waals surface area contributed by atoms with Crippen molar-refractivity contribution in [1.82, 2.24) is 9.97 Å². The smallest absolute Gasteiger partial charge is 0.258 e. The molecule has 5 nitrogen and oxygen atoms in total. The highest BCUT2D eigenvalue weighted by Crippen LogP contribution is 2.20. The highest BCUT2D eigenvalue weighted by Gasteiger charge is 2.05. The molecule has 0 aliphatic rings. The van der Waals surface area contributed by atoms with Gasteiger partial charge in [-0.1, -0.05) is 24.3 Å². The van der Waals surface area contributed by atoms with Gasteiger partial charge in [-0.15, -0.1) is 0 Å². The summed E-state index contributed by atoms with van der Waals surface area (Å²) >= 11 is 0. The molecule has 3 N–H and O–H groups in total. The van der Waals surface area contributed by atoms with E-state index in [1.807, 2.05) is 18.2 Å². The van der Waals surface area contributed by atoms with Crippen molar-refractivity contribution >= 4 is 16.6 Å². The van der Waals surface area contributed by atoms with Crippen LogP contribution in [0.5, 0.6) is 5.75 Å². The van der Waals surface area contributed by atoms with E-state index in [-0.39, 0.29) is 12.2 Å². The number of ether oxygens (including phenoxy) is 1. The van der Waals surface area contributed by atoms with E-state index in [1.165, 1.54) is 0 Å². The van der Waals surface area contributed by atoms with Gasteiger partial charge in [-0.05, 0) is 24.3 Å². The van der Waals surface area contributed by atoms with Crippen LogP contribution in [-0.4, -0.2) is 9.97 Å². The quantitative estimate of drug-likeness (QED) is 0.712. The molecule has 0 atom stereocenters. The Morgan fingerprint density at radius 2 is 1.85 bits per heavy atom. The normalized spacial score (nSPS) is 10.6. The maximum atomic E-state index is 11.9. The Kier molecular flexibility index (Phi) is 3.09. The zero-order valence-electron chi connectivity index (χ0n) is 10.7. The minimum atomic E-state index is -0.171. The molecule has 3 aromatic rings. The molecule has 0 spiro atoms. The number of H-pyrrole nitrogens is 1. The summed E-state index contributed by atoms with van der Waals surface area (Å²) < 4.78 is 5.57. The lowest BCUT2D eigenvalue weighted by Crippen LogP contribution is -2.13. The molecule has 100 valence electrons. The lowest BCUT2D eigenvalue weighted by molar-refractivity contribution is 0.297. The van der Waals surface area contributed by atoms with Crippen LogP contribution in [0.1, 0.15) is 5.82 Å². The van der Waals surface area contributed by atoms with Crippen LogP contribution in [-0.2, 0) is 6.61 Å². The Balaban J connectivity index is 1.88. The summed E-state index contributed by atoms with van der Waals surface area (Å²) in [4.78, 5) is 19.0. The monoisotopic (exact) mass is 267 g/mol. The molecular weight excluding hydrogens is 254 g/mol. The Morgan fingerprint density at radius 3 is 2.70 bits per heavy atom. The summed E-state index contributed by atoms with van der Waals surface area (Å²) in [6.45, 7) is 0.161. The van der Waals surface area contributed by atoms with Gasteiger partial charge in [0.2, 0.25) is 0 Å². The van der Waals surface area contributed by atoms with E-state index < -0.39 is 0 Å². The first-order valence-electron chi connectivity index (χ1n) is 6.19. The Hall–Kier alpha value is -2.82. The molecular formula is C15H13N3O2. The van der Waals surface area contributed by atoms with Gasteiger partial charge in [0.25, 0.3) is 5.56 Å². The van der Waals surface area contributed by atoms with Gasteiger partial charge in [0, 0.05) is 0 Å². The number of aromatic nitrogens is 2. The summed E-state index contributed by atoms with van der Waals surface area (Å²) in [5, 5.41) is 0.565. The van der Waals surface area contributed by atoms with Crippen molar-refractivity contribution in [3.63, 3.8) is 0 Å². The number of rotatable bonds is 3. The van der Waals surface area contributed by atoms with E-state index in [9.17, 15) is 4.79 Å². The second kappa shape index (κ2) is 5.05. The van der Waals surface area contributed by atoms with Gasteiger partial charge in [0.05, 0.1) is 16.6 Å². The van der Waals surface area contributed by atoms with Crippen LogP contribution in [0.25, 0.3) is 10.9 Å². The van der Waals surface area contributed by atoms with Crippen LogP contribution in [0.15, 0.2) is 53.3 Å². The average Bonchev–Trinajstić information content (AvgIpc) is 2.46. The van der Waals surface area contributed by atoms with Crippen molar-refractivity contribution in [3.05, 3.63) is 64.7 Å². The molecule has 5 heteroatoms. The predicted octanol–water partition coefficient (Wildman–Crippen LogP) is 2.08. The Morgan fingerprint density at radius 1 is 1.10 bits per heavy atom. The number of anilines is 1. The third-order valence-corrected chi connectivity index (χ3v) is 2.95. The SMILES string of the molecule is Nc1ccccc1OCc1nc2ccccc2c(=O)[nH]1. The van der Waals surface area contributed by atoms with Crippen molar-refractivity contribution in [2.24, 2.45) is 0 Å². The molecule has 2 aromatic carbocycles. The van der Waals surface area contributed by atoms with Gasteiger partial charge in [-0.25, -0.2) is 4.98 Å². The lowest BCUT2D eigenvalue weighted by Gasteiger charge is -2.08. The standard InChI is InChI=1S/C15H13N3O2/c16-11-6-2-4-8-13(11)20-9-14-17-12-7-3-1-5-10(12)15(19)18-14/h1-8H,9,16H2,(H,17,18,19). The minimum Gasteiger partial charge on any atom is -0.484 e. The summed E-state index contributed by atoms with van der Waals surface area (Å²) in [5.74, 6) is 1.04. The third kappa shape index (κ3) is 2.33. The van der Waals surface area contributed by atoms with Crippen LogP contribution in [0, 0.1) is 0 Å². The van der Waals surface area contributed by atoms with Crippen LogP contribution >= 0.6 is 0 Å². The van der Waals surface area contributed by atoms with Gasteiger partial charge in [-0.3, -0.25) is 4.79 Å². The number of aromatic amines is 1. The van der Waals surface area contributed by atoms with Crippen molar-refractivity contribution in [2.45, 2.75) is 6.61 Å². The molecule has 0 unspecified atom stereocenters. The summed E-state index contributed by atoms with van der Waals surface area (Å²) in [6.07, 6.45) is 0. The first-order valence-corrected chi connectivity index (χ1v) is 6.19. The molecule has 0 amide bonds. The number of nitrogens with zero attached hydrogens (tertiary/aromatic N) is 1. The zero-order chi connectivity index (χ0) is 13.9.